The highest BCUT2D eigenvalue weighted by atomic mass is 32.2. The van der Waals surface area contributed by atoms with Gasteiger partial charge in [-0.15, -0.1) is 0 Å². The number of likely N-dealkylation sites (tertiary alicyclic amines) is 1. The number of carbonyl (C=O) groups is 2. The van der Waals surface area contributed by atoms with Crippen LogP contribution >= 0.6 is 24.4 Å². The second-order valence-corrected chi connectivity index (χ2v) is 6.13. The molecule has 0 N–H and O–H groups in total. The number of thioether (sulfide) groups is 1. The van der Waals surface area contributed by atoms with E-state index in [0.717, 1.165) is 37.7 Å². The van der Waals surface area contributed by atoms with Gasteiger partial charge in [-0.3, -0.25) is 4.79 Å². The van der Waals surface area contributed by atoms with Crippen LogP contribution in [-0.2, 0) is 4.74 Å². The topological polar surface area (TPSA) is 46.6 Å². The lowest BCUT2D eigenvalue weighted by Crippen LogP contribution is -2.34. The van der Waals surface area contributed by atoms with Crippen LogP contribution in [-0.4, -0.2) is 40.4 Å². The fourth-order valence-electron chi connectivity index (χ4n) is 1.23. The molecule has 0 spiro atoms. The molecule has 0 aromatic heterocycles. The Hall–Kier alpha value is -0.360. The van der Waals surface area contributed by atoms with Crippen molar-refractivity contribution in [2.75, 3.05) is 19.3 Å². The first-order valence-electron chi connectivity index (χ1n) is 5.51. The molecule has 1 rings (SSSR count). The SMILES string of the molecule is CC(C)(C)OC(=O)N1CCCC1.CSC(=O)S. The summed E-state index contributed by atoms with van der Waals surface area (Å²) in [6.07, 6.45) is 3.74. The maximum Gasteiger partial charge on any atom is 0.410 e. The van der Waals surface area contributed by atoms with Crippen molar-refractivity contribution in [3.8, 4) is 0 Å². The molecule has 0 unspecified atom stereocenters. The van der Waals surface area contributed by atoms with E-state index in [-0.39, 0.29) is 16.1 Å². The first kappa shape index (κ1) is 16.6. The number of hydrogen-bond donors (Lipinski definition) is 1. The zero-order valence-electron chi connectivity index (χ0n) is 10.9. The third-order valence-corrected chi connectivity index (χ3v) is 2.83. The van der Waals surface area contributed by atoms with Crippen molar-refractivity contribution in [2.24, 2.45) is 0 Å². The van der Waals surface area contributed by atoms with E-state index in [1.807, 2.05) is 20.8 Å². The standard InChI is InChI=1S/C9H17NO2.C2H4OS2/c1-9(2,3)12-8(11)10-6-4-5-7-10;1-5-2(3)4/h4-7H2,1-3H3;1H3,(H,3,4). The van der Waals surface area contributed by atoms with Crippen LogP contribution in [0.15, 0.2) is 0 Å². The molecule has 4 nitrogen and oxygen atoms in total. The minimum Gasteiger partial charge on any atom is -0.444 e. The highest BCUT2D eigenvalue weighted by Crippen LogP contribution is 2.14. The molecule has 1 heterocycles. The number of ether oxygens (including phenoxy) is 1. The van der Waals surface area contributed by atoms with Gasteiger partial charge >= 0.3 is 6.09 Å². The van der Waals surface area contributed by atoms with E-state index in [9.17, 15) is 9.59 Å². The van der Waals surface area contributed by atoms with Gasteiger partial charge in [0.2, 0.25) is 4.45 Å². The van der Waals surface area contributed by atoms with Crippen LogP contribution in [0.25, 0.3) is 0 Å². The maximum absolute atomic E-state index is 11.4. The molecule has 0 atom stereocenters. The Kier molecular flexibility index (Phi) is 7.70. The molecule has 1 saturated heterocycles. The Labute approximate surface area is 113 Å². The van der Waals surface area contributed by atoms with Gasteiger partial charge in [0, 0.05) is 13.1 Å². The Morgan fingerprint density at radius 2 is 1.65 bits per heavy atom. The van der Waals surface area contributed by atoms with E-state index in [1.54, 1.807) is 11.2 Å². The van der Waals surface area contributed by atoms with Gasteiger partial charge in [0.05, 0.1) is 0 Å². The van der Waals surface area contributed by atoms with E-state index in [2.05, 4.69) is 12.6 Å². The summed E-state index contributed by atoms with van der Waals surface area (Å²) in [6, 6.07) is 0. The number of thiol groups is 1. The summed E-state index contributed by atoms with van der Waals surface area (Å²) < 4.78 is 5.07. The quantitative estimate of drug-likeness (QED) is 0.690. The number of amides is 1. The minimum absolute atomic E-state index is 0.134. The van der Waals surface area contributed by atoms with Gasteiger partial charge in [-0.05, 0) is 39.9 Å². The highest BCUT2D eigenvalue weighted by Gasteiger charge is 2.23. The lowest BCUT2D eigenvalue weighted by atomic mass is 10.2. The van der Waals surface area contributed by atoms with Crippen LogP contribution in [0, 0.1) is 0 Å². The number of nitrogens with zero attached hydrogens (tertiary/aromatic N) is 1. The number of rotatable bonds is 0. The summed E-state index contributed by atoms with van der Waals surface area (Å²) in [4.78, 5) is 22.8. The largest absolute Gasteiger partial charge is 0.444 e. The molecule has 1 fully saturated rings. The van der Waals surface area contributed by atoms with Gasteiger partial charge < -0.3 is 9.64 Å². The third kappa shape index (κ3) is 9.35. The zero-order valence-corrected chi connectivity index (χ0v) is 12.6. The molecule has 0 aromatic rings. The molecule has 6 heteroatoms. The molecule has 1 amide bonds. The molecular weight excluding hydrogens is 258 g/mol. The Morgan fingerprint density at radius 1 is 1.24 bits per heavy atom. The predicted molar refractivity (Wildman–Crippen MR) is 74.9 cm³/mol. The van der Waals surface area contributed by atoms with Crippen molar-refractivity contribution in [1.82, 2.24) is 4.90 Å². The van der Waals surface area contributed by atoms with E-state index in [1.165, 1.54) is 0 Å². The maximum atomic E-state index is 11.4. The Bertz CT molecular complexity index is 258. The van der Waals surface area contributed by atoms with Gasteiger partial charge in [-0.25, -0.2) is 4.79 Å². The monoisotopic (exact) mass is 279 g/mol. The summed E-state index contributed by atoms with van der Waals surface area (Å²) in [5.41, 5.74) is -0.361. The summed E-state index contributed by atoms with van der Waals surface area (Å²) in [5.74, 6) is 0. The van der Waals surface area contributed by atoms with Gasteiger partial charge in [0.1, 0.15) is 5.60 Å². The molecule has 100 valence electrons. The van der Waals surface area contributed by atoms with Gasteiger partial charge in [-0.2, -0.15) is 0 Å². The van der Waals surface area contributed by atoms with E-state index in [4.69, 9.17) is 4.74 Å². The van der Waals surface area contributed by atoms with Crippen LogP contribution in [0.4, 0.5) is 9.59 Å². The highest BCUT2D eigenvalue weighted by molar-refractivity contribution is 8.31. The average Bonchev–Trinajstić information content (AvgIpc) is 2.68. The van der Waals surface area contributed by atoms with Crippen molar-refractivity contribution in [3.63, 3.8) is 0 Å². The second-order valence-electron chi connectivity index (χ2n) is 4.64. The van der Waals surface area contributed by atoms with Gasteiger partial charge in [0.25, 0.3) is 0 Å². The van der Waals surface area contributed by atoms with Crippen LogP contribution in [0.5, 0.6) is 0 Å². The van der Waals surface area contributed by atoms with Crippen LogP contribution in [0.2, 0.25) is 0 Å². The molecule has 1 aliphatic heterocycles. The van der Waals surface area contributed by atoms with Crippen molar-refractivity contribution >= 4 is 34.9 Å². The fraction of sp³-hybridized carbons (Fsp3) is 0.818. The molecule has 0 aromatic carbocycles. The molecule has 1 aliphatic rings. The minimum atomic E-state index is -0.361. The van der Waals surface area contributed by atoms with E-state index >= 15 is 0 Å². The number of carbonyl (C=O) groups excluding carboxylic acids is 2. The van der Waals surface area contributed by atoms with Crippen molar-refractivity contribution in [2.45, 2.75) is 39.2 Å². The lowest BCUT2D eigenvalue weighted by molar-refractivity contribution is 0.0295. The fourth-order valence-corrected chi connectivity index (χ4v) is 1.23. The lowest BCUT2D eigenvalue weighted by Gasteiger charge is -2.23. The van der Waals surface area contributed by atoms with Crippen molar-refractivity contribution in [3.05, 3.63) is 0 Å². The summed E-state index contributed by atoms with van der Waals surface area (Å²) in [7, 11) is 0. The zero-order chi connectivity index (χ0) is 13.5. The van der Waals surface area contributed by atoms with Crippen LogP contribution in [0.3, 0.4) is 0 Å². The summed E-state index contributed by atoms with van der Waals surface area (Å²) >= 11 is 4.53. The average molecular weight is 279 g/mol. The smallest absolute Gasteiger partial charge is 0.410 e. The summed E-state index contributed by atoms with van der Waals surface area (Å²) in [6.45, 7) is 7.38. The van der Waals surface area contributed by atoms with Crippen LogP contribution in [0.1, 0.15) is 33.6 Å². The van der Waals surface area contributed by atoms with Gasteiger partial charge in [-0.1, -0.05) is 24.4 Å². The first-order valence-corrected chi connectivity index (χ1v) is 7.18. The molecule has 17 heavy (non-hydrogen) atoms. The number of hydrogen-bond acceptors (Lipinski definition) is 4. The summed E-state index contributed by atoms with van der Waals surface area (Å²) in [5, 5.41) is 0. The normalized spacial score (nSPS) is 15.0. The Balaban J connectivity index is 0.000000437. The first-order chi connectivity index (χ1) is 7.76. The molecule has 0 radical (unpaired) electrons. The van der Waals surface area contributed by atoms with Gasteiger partial charge in [0.15, 0.2) is 0 Å². The molecular formula is C11H21NO3S2. The van der Waals surface area contributed by atoms with Crippen molar-refractivity contribution in [1.29, 1.82) is 0 Å². The molecule has 0 bridgehead atoms. The van der Waals surface area contributed by atoms with Crippen molar-refractivity contribution < 1.29 is 14.3 Å². The third-order valence-electron chi connectivity index (χ3n) is 1.93. The Morgan fingerprint density at radius 3 is 1.94 bits per heavy atom. The van der Waals surface area contributed by atoms with Crippen LogP contribution < -0.4 is 0 Å². The van der Waals surface area contributed by atoms with E-state index in [0.29, 0.717) is 0 Å². The predicted octanol–water partition coefficient (Wildman–Crippen LogP) is 3.42. The van der Waals surface area contributed by atoms with E-state index < -0.39 is 0 Å². The molecule has 0 saturated carbocycles. The molecule has 0 aliphatic carbocycles. The second kappa shape index (κ2) is 7.87.